The molecule has 3 nitrogen and oxygen atoms in total. The second-order valence-electron chi connectivity index (χ2n) is 3.30. The van der Waals surface area contributed by atoms with Gasteiger partial charge < -0.3 is 10.2 Å². The molecular weight excluding hydrogens is 168 g/mol. The molecule has 13 heavy (non-hydrogen) atoms. The van der Waals surface area contributed by atoms with Crippen LogP contribution in [-0.2, 0) is 12.8 Å². The Bertz CT molecular complexity index is 369. The second-order valence-corrected chi connectivity index (χ2v) is 3.30. The number of benzene rings is 1. The highest BCUT2D eigenvalue weighted by Gasteiger charge is 2.17. The molecule has 0 fully saturated rings. The van der Waals surface area contributed by atoms with Crippen molar-refractivity contribution >= 4 is 5.97 Å². The van der Waals surface area contributed by atoms with Gasteiger partial charge >= 0.3 is 5.97 Å². The predicted molar refractivity (Wildman–Crippen MR) is 47.1 cm³/mol. The highest BCUT2D eigenvalue weighted by atomic mass is 16.4. The van der Waals surface area contributed by atoms with Crippen molar-refractivity contribution in [1.82, 2.24) is 0 Å². The molecule has 2 rings (SSSR count). The number of aromatic hydroxyl groups is 1. The van der Waals surface area contributed by atoms with Gasteiger partial charge in [-0.1, -0.05) is 0 Å². The zero-order valence-corrected chi connectivity index (χ0v) is 7.08. The highest BCUT2D eigenvalue weighted by Crippen LogP contribution is 2.28. The van der Waals surface area contributed by atoms with E-state index in [1.807, 2.05) is 0 Å². The summed E-state index contributed by atoms with van der Waals surface area (Å²) in [4.78, 5) is 10.7. The first-order chi connectivity index (χ1) is 6.18. The molecule has 0 bridgehead atoms. The molecule has 0 saturated heterocycles. The number of fused-ring (bicyclic) bond motifs is 1. The molecule has 68 valence electrons. The summed E-state index contributed by atoms with van der Waals surface area (Å²) in [5.41, 5.74) is 2.17. The molecule has 0 aromatic heterocycles. The van der Waals surface area contributed by atoms with E-state index in [-0.39, 0.29) is 11.3 Å². The smallest absolute Gasteiger partial charge is 0.339 e. The summed E-state index contributed by atoms with van der Waals surface area (Å²) in [5, 5.41) is 18.1. The Hall–Kier alpha value is -1.51. The van der Waals surface area contributed by atoms with E-state index in [1.54, 1.807) is 12.1 Å². The Balaban J connectivity index is 2.55. The molecule has 0 heterocycles. The zero-order chi connectivity index (χ0) is 9.42. The van der Waals surface area contributed by atoms with Crippen molar-refractivity contribution in [3.8, 4) is 5.75 Å². The number of carbonyl (C=O) groups is 1. The van der Waals surface area contributed by atoms with Crippen LogP contribution in [0.4, 0.5) is 0 Å². The van der Waals surface area contributed by atoms with Gasteiger partial charge in [0.1, 0.15) is 11.3 Å². The van der Waals surface area contributed by atoms with E-state index >= 15 is 0 Å². The average molecular weight is 178 g/mol. The monoisotopic (exact) mass is 178 g/mol. The SMILES string of the molecule is O=C(O)c1cc2c(cc1O)CCC2. The Labute approximate surface area is 75.6 Å². The minimum absolute atomic E-state index is 0.0145. The van der Waals surface area contributed by atoms with E-state index < -0.39 is 5.97 Å². The van der Waals surface area contributed by atoms with Crippen molar-refractivity contribution < 1.29 is 15.0 Å². The van der Waals surface area contributed by atoms with Crippen LogP contribution in [0.1, 0.15) is 27.9 Å². The molecular formula is C10H10O3. The molecule has 3 heteroatoms. The summed E-state index contributed by atoms with van der Waals surface area (Å²) in [6.45, 7) is 0. The fraction of sp³-hybridized carbons (Fsp3) is 0.300. The molecule has 1 aromatic rings. The Morgan fingerprint density at radius 2 is 1.85 bits per heavy atom. The normalized spacial score (nSPS) is 14.2. The van der Waals surface area contributed by atoms with Crippen LogP contribution in [0.2, 0.25) is 0 Å². The third-order valence-electron chi connectivity index (χ3n) is 2.44. The molecule has 1 aromatic carbocycles. The third kappa shape index (κ3) is 1.26. The molecule has 0 unspecified atom stereocenters. The summed E-state index contributed by atoms with van der Waals surface area (Å²) in [7, 11) is 0. The molecule has 1 aliphatic rings. The van der Waals surface area contributed by atoms with Crippen molar-refractivity contribution in [2.45, 2.75) is 19.3 Å². The molecule has 0 amide bonds. The maximum absolute atomic E-state index is 10.7. The number of carboxylic acid groups (broad SMARTS) is 1. The van der Waals surface area contributed by atoms with Gasteiger partial charge in [0.05, 0.1) is 0 Å². The summed E-state index contributed by atoms with van der Waals surface area (Å²) in [6, 6.07) is 3.16. The highest BCUT2D eigenvalue weighted by molar-refractivity contribution is 5.91. The first-order valence-corrected chi connectivity index (χ1v) is 4.26. The molecule has 2 N–H and O–H groups in total. The number of hydrogen-bond donors (Lipinski definition) is 2. The van der Waals surface area contributed by atoms with E-state index in [2.05, 4.69) is 0 Å². The van der Waals surface area contributed by atoms with E-state index in [0.717, 1.165) is 30.4 Å². The lowest BCUT2D eigenvalue weighted by Crippen LogP contribution is -1.98. The van der Waals surface area contributed by atoms with Crippen molar-refractivity contribution in [3.05, 3.63) is 28.8 Å². The quantitative estimate of drug-likeness (QED) is 0.686. The van der Waals surface area contributed by atoms with Gasteiger partial charge in [0.15, 0.2) is 0 Å². The standard InChI is InChI=1S/C10H10O3/c11-9-5-7-3-1-2-6(7)4-8(9)10(12)13/h4-5,11H,1-3H2,(H,12,13). The van der Waals surface area contributed by atoms with E-state index in [0.29, 0.717) is 0 Å². The number of aryl methyl sites for hydroxylation is 2. The zero-order valence-electron chi connectivity index (χ0n) is 7.08. The number of phenols is 1. The van der Waals surface area contributed by atoms with Gasteiger partial charge in [-0.2, -0.15) is 0 Å². The predicted octanol–water partition coefficient (Wildman–Crippen LogP) is 1.58. The van der Waals surface area contributed by atoms with Crippen LogP contribution in [0.15, 0.2) is 12.1 Å². The molecule has 1 aliphatic carbocycles. The minimum Gasteiger partial charge on any atom is -0.507 e. The minimum atomic E-state index is -1.06. The van der Waals surface area contributed by atoms with E-state index in [9.17, 15) is 9.90 Å². The van der Waals surface area contributed by atoms with Crippen molar-refractivity contribution in [2.75, 3.05) is 0 Å². The second kappa shape index (κ2) is 2.76. The van der Waals surface area contributed by atoms with Crippen molar-refractivity contribution in [3.63, 3.8) is 0 Å². The molecule has 0 radical (unpaired) electrons. The molecule has 0 aliphatic heterocycles. The molecule has 0 saturated carbocycles. The largest absolute Gasteiger partial charge is 0.507 e. The Morgan fingerprint density at radius 1 is 1.23 bits per heavy atom. The van der Waals surface area contributed by atoms with Gasteiger partial charge in [-0.15, -0.1) is 0 Å². The number of aromatic carboxylic acids is 1. The summed E-state index contributed by atoms with van der Waals surface area (Å²) < 4.78 is 0. The van der Waals surface area contributed by atoms with Gasteiger partial charge in [0, 0.05) is 0 Å². The third-order valence-corrected chi connectivity index (χ3v) is 2.44. The summed E-state index contributed by atoms with van der Waals surface area (Å²) in [6.07, 6.45) is 2.93. The number of carboxylic acids is 1. The van der Waals surface area contributed by atoms with Gasteiger partial charge in [-0.3, -0.25) is 0 Å². The first-order valence-electron chi connectivity index (χ1n) is 4.26. The van der Waals surface area contributed by atoms with Gasteiger partial charge in [0.25, 0.3) is 0 Å². The van der Waals surface area contributed by atoms with Crippen LogP contribution >= 0.6 is 0 Å². The number of rotatable bonds is 1. The van der Waals surface area contributed by atoms with Crippen LogP contribution in [0.25, 0.3) is 0 Å². The van der Waals surface area contributed by atoms with Crippen molar-refractivity contribution in [1.29, 1.82) is 0 Å². The summed E-state index contributed by atoms with van der Waals surface area (Å²) in [5.74, 6) is -1.18. The fourth-order valence-electron chi connectivity index (χ4n) is 1.78. The molecule has 0 atom stereocenters. The molecule has 0 spiro atoms. The lowest BCUT2D eigenvalue weighted by atomic mass is 10.1. The topological polar surface area (TPSA) is 57.5 Å². The number of hydrogen-bond acceptors (Lipinski definition) is 2. The average Bonchev–Trinajstić information content (AvgIpc) is 2.48. The Kier molecular flexibility index (Phi) is 1.72. The van der Waals surface area contributed by atoms with Crippen LogP contribution in [-0.4, -0.2) is 16.2 Å². The fourth-order valence-corrected chi connectivity index (χ4v) is 1.78. The van der Waals surface area contributed by atoms with Gasteiger partial charge in [0.2, 0.25) is 0 Å². The van der Waals surface area contributed by atoms with Crippen LogP contribution in [0.5, 0.6) is 5.75 Å². The lowest BCUT2D eigenvalue weighted by Gasteiger charge is -2.03. The van der Waals surface area contributed by atoms with E-state index in [4.69, 9.17) is 5.11 Å². The van der Waals surface area contributed by atoms with E-state index in [1.165, 1.54) is 0 Å². The summed E-state index contributed by atoms with van der Waals surface area (Å²) >= 11 is 0. The van der Waals surface area contributed by atoms with Gasteiger partial charge in [-0.25, -0.2) is 4.79 Å². The lowest BCUT2D eigenvalue weighted by molar-refractivity contribution is 0.0693. The van der Waals surface area contributed by atoms with Crippen LogP contribution < -0.4 is 0 Å². The van der Waals surface area contributed by atoms with Gasteiger partial charge in [-0.05, 0) is 42.5 Å². The van der Waals surface area contributed by atoms with Crippen molar-refractivity contribution in [2.24, 2.45) is 0 Å². The Morgan fingerprint density at radius 3 is 2.46 bits per heavy atom. The maximum atomic E-state index is 10.7. The van der Waals surface area contributed by atoms with Crippen LogP contribution in [0, 0.1) is 0 Å². The maximum Gasteiger partial charge on any atom is 0.339 e. The first kappa shape index (κ1) is 8.10. The van der Waals surface area contributed by atoms with Crippen LogP contribution in [0.3, 0.4) is 0 Å².